The number of hydrogen-bond donors (Lipinski definition) is 2. The third-order valence-corrected chi connectivity index (χ3v) is 3.42. The van der Waals surface area contributed by atoms with Crippen LogP contribution in [0.15, 0.2) is 29.3 Å². The second kappa shape index (κ2) is 6.15. The molecule has 20 heavy (non-hydrogen) atoms. The number of hydrogen-bond acceptors (Lipinski definition) is 1. The highest BCUT2D eigenvalue weighted by Gasteiger charge is 2.29. The van der Waals surface area contributed by atoms with Crippen LogP contribution in [-0.4, -0.2) is 12.0 Å². The minimum Gasteiger partial charge on any atom is -0.370 e. The van der Waals surface area contributed by atoms with Gasteiger partial charge in [-0.1, -0.05) is 25.0 Å². The Hall–Kier alpha value is -1.72. The molecule has 0 bridgehead atoms. The molecule has 0 atom stereocenters. The standard InChI is InChI=1S/C14H18F3N3/c15-14(16,17)11-7-5-10(6-8-11)9-19-13(18)20-12-3-1-2-4-12/h5-8,12H,1-4,9H2,(H3,18,19,20). The van der Waals surface area contributed by atoms with Gasteiger partial charge >= 0.3 is 6.18 Å². The van der Waals surface area contributed by atoms with Crippen LogP contribution in [-0.2, 0) is 12.7 Å². The molecule has 1 fully saturated rings. The van der Waals surface area contributed by atoms with Gasteiger partial charge in [-0.05, 0) is 30.5 Å². The summed E-state index contributed by atoms with van der Waals surface area (Å²) >= 11 is 0. The Morgan fingerprint density at radius 2 is 1.80 bits per heavy atom. The number of nitrogens with one attached hydrogen (secondary N) is 1. The summed E-state index contributed by atoms with van der Waals surface area (Å²) in [5.41, 5.74) is 5.81. The van der Waals surface area contributed by atoms with Crippen molar-refractivity contribution in [3.05, 3.63) is 35.4 Å². The van der Waals surface area contributed by atoms with E-state index in [2.05, 4.69) is 10.3 Å². The van der Waals surface area contributed by atoms with Crippen molar-refractivity contribution in [2.24, 2.45) is 10.7 Å². The van der Waals surface area contributed by atoms with Gasteiger partial charge in [0.2, 0.25) is 0 Å². The van der Waals surface area contributed by atoms with Gasteiger partial charge in [0.05, 0.1) is 12.1 Å². The van der Waals surface area contributed by atoms with Crippen LogP contribution in [0.1, 0.15) is 36.8 Å². The van der Waals surface area contributed by atoms with Gasteiger partial charge in [-0.15, -0.1) is 0 Å². The van der Waals surface area contributed by atoms with E-state index in [-0.39, 0.29) is 6.54 Å². The zero-order valence-corrected chi connectivity index (χ0v) is 11.1. The van der Waals surface area contributed by atoms with Crippen molar-refractivity contribution >= 4 is 5.96 Å². The van der Waals surface area contributed by atoms with Crippen molar-refractivity contribution in [1.29, 1.82) is 0 Å². The first-order valence-corrected chi connectivity index (χ1v) is 6.68. The highest BCUT2D eigenvalue weighted by Crippen LogP contribution is 2.29. The van der Waals surface area contributed by atoms with E-state index in [1.165, 1.54) is 25.0 Å². The Balaban J connectivity index is 1.89. The number of guanidine groups is 1. The largest absolute Gasteiger partial charge is 0.416 e. The molecule has 2 rings (SSSR count). The Bertz CT molecular complexity index is 460. The molecule has 0 saturated heterocycles. The first kappa shape index (κ1) is 14.7. The number of alkyl halides is 3. The minimum atomic E-state index is -4.30. The molecule has 0 spiro atoms. The van der Waals surface area contributed by atoms with Crippen LogP contribution < -0.4 is 11.1 Å². The van der Waals surface area contributed by atoms with Crippen LogP contribution in [0, 0.1) is 0 Å². The van der Waals surface area contributed by atoms with Crippen LogP contribution >= 0.6 is 0 Å². The second-order valence-corrected chi connectivity index (χ2v) is 5.02. The van der Waals surface area contributed by atoms with E-state index in [1.807, 2.05) is 0 Å². The van der Waals surface area contributed by atoms with Gasteiger partial charge in [-0.25, -0.2) is 4.99 Å². The van der Waals surface area contributed by atoms with Crippen LogP contribution in [0.5, 0.6) is 0 Å². The third-order valence-electron chi connectivity index (χ3n) is 3.42. The predicted octanol–water partition coefficient (Wildman–Crippen LogP) is 3.05. The molecule has 1 aliphatic carbocycles. The monoisotopic (exact) mass is 285 g/mol. The van der Waals surface area contributed by atoms with E-state index in [0.717, 1.165) is 25.0 Å². The summed E-state index contributed by atoms with van der Waals surface area (Å²) in [4.78, 5) is 4.15. The van der Waals surface area contributed by atoms with E-state index in [0.29, 0.717) is 17.6 Å². The van der Waals surface area contributed by atoms with E-state index in [9.17, 15) is 13.2 Å². The van der Waals surface area contributed by atoms with Crippen LogP contribution in [0.2, 0.25) is 0 Å². The van der Waals surface area contributed by atoms with Crippen molar-refractivity contribution in [2.45, 2.75) is 44.4 Å². The number of benzene rings is 1. The maximum Gasteiger partial charge on any atom is 0.416 e. The second-order valence-electron chi connectivity index (χ2n) is 5.02. The molecule has 0 amide bonds. The lowest BCUT2D eigenvalue weighted by Gasteiger charge is -2.12. The third kappa shape index (κ3) is 4.15. The first-order chi connectivity index (χ1) is 9.45. The molecule has 6 heteroatoms. The fourth-order valence-electron chi connectivity index (χ4n) is 2.30. The van der Waals surface area contributed by atoms with Gasteiger partial charge in [0.1, 0.15) is 0 Å². The molecule has 1 aliphatic rings. The van der Waals surface area contributed by atoms with E-state index < -0.39 is 11.7 Å². The summed E-state index contributed by atoms with van der Waals surface area (Å²) in [5.74, 6) is 0.358. The Morgan fingerprint density at radius 1 is 1.20 bits per heavy atom. The van der Waals surface area contributed by atoms with Gasteiger partial charge in [0.15, 0.2) is 5.96 Å². The van der Waals surface area contributed by atoms with Crippen molar-refractivity contribution in [2.75, 3.05) is 0 Å². The summed E-state index contributed by atoms with van der Waals surface area (Å²) in [7, 11) is 0. The average Bonchev–Trinajstić information content (AvgIpc) is 2.88. The normalized spacial score (nSPS) is 17.4. The average molecular weight is 285 g/mol. The molecule has 0 unspecified atom stereocenters. The maximum atomic E-state index is 12.4. The zero-order valence-electron chi connectivity index (χ0n) is 11.1. The van der Waals surface area contributed by atoms with Crippen molar-refractivity contribution in [1.82, 2.24) is 5.32 Å². The highest BCUT2D eigenvalue weighted by atomic mass is 19.4. The summed E-state index contributed by atoms with van der Waals surface area (Å²) in [6.07, 6.45) is 0.283. The lowest BCUT2D eigenvalue weighted by Crippen LogP contribution is -2.38. The van der Waals surface area contributed by atoms with E-state index >= 15 is 0 Å². The molecule has 0 aromatic heterocycles. The summed E-state index contributed by atoms with van der Waals surface area (Å²) in [6, 6.07) is 5.35. The predicted molar refractivity (Wildman–Crippen MR) is 72.2 cm³/mol. The Labute approximate surface area is 116 Å². The van der Waals surface area contributed by atoms with Gasteiger partial charge in [-0.3, -0.25) is 0 Å². The Kier molecular flexibility index (Phi) is 4.52. The van der Waals surface area contributed by atoms with E-state index in [1.54, 1.807) is 0 Å². The molecule has 3 nitrogen and oxygen atoms in total. The molecule has 1 aromatic carbocycles. The zero-order chi connectivity index (χ0) is 14.6. The number of halogens is 3. The topological polar surface area (TPSA) is 50.4 Å². The number of nitrogens with two attached hydrogens (primary N) is 1. The van der Waals surface area contributed by atoms with Crippen LogP contribution in [0.25, 0.3) is 0 Å². The SMILES string of the molecule is NC(=NCc1ccc(C(F)(F)F)cc1)NC1CCCC1. The number of nitrogens with zero attached hydrogens (tertiary/aromatic N) is 1. The fourth-order valence-corrected chi connectivity index (χ4v) is 2.30. The van der Waals surface area contributed by atoms with Gasteiger partial charge in [-0.2, -0.15) is 13.2 Å². The molecular formula is C14H18F3N3. The molecular weight excluding hydrogens is 267 g/mol. The molecule has 0 aliphatic heterocycles. The molecule has 0 radical (unpaired) electrons. The molecule has 1 saturated carbocycles. The number of aliphatic imine (C=N–C) groups is 1. The first-order valence-electron chi connectivity index (χ1n) is 6.68. The quantitative estimate of drug-likeness (QED) is 0.662. The summed E-state index contributed by atoms with van der Waals surface area (Å²) in [5, 5.41) is 3.13. The summed E-state index contributed by atoms with van der Waals surface area (Å²) in [6.45, 7) is 0.281. The van der Waals surface area contributed by atoms with Crippen molar-refractivity contribution in [3.8, 4) is 0 Å². The van der Waals surface area contributed by atoms with Crippen molar-refractivity contribution in [3.63, 3.8) is 0 Å². The fraction of sp³-hybridized carbons (Fsp3) is 0.500. The lowest BCUT2D eigenvalue weighted by molar-refractivity contribution is -0.137. The molecule has 110 valence electrons. The van der Waals surface area contributed by atoms with E-state index in [4.69, 9.17) is 5.73 Å². The van der Waals surface area contributed by atoms with Crippen molar-refractivity contribution < 1.29 is 13.2 Å². The maximum absolute atomic E-state index is 12.4. The minimum absolute atomic E-state index is 0.281. The lowest BCUT2D eigenvalue weighted by atomic mass is 10.1. The summed E-state index contributed by atoms with van der Waals surface area (Å²) < 4.78 is 37.2. The highest BCUT2D eigenvalue weighted by molar-refractivity contribution is 5.78. The number of rotatable bonds is 3. The van der Waals surface area contributed by atoms with Crippen LogP contribution in [0.4, 0.5) is 13.2 Å². The molecule has 1 aromatic rings. The van der Waals surface area contributed by atoms with Crippen LogP contribution in [0.3, 0.4) is 0 Å². The molecule has 0 heterocycles. The Morgan fingerprint density at radius 3 is 2.35 bits per heavy atom. The van der Waals surface area contributed by atoms with Gasteiger partial charge < -0.3 is 11.1 Å². The smallest absolute Gasteiger partial charge is 0.370 e. The van der Waals surface area contributed by atoms with Gasteiger partial charge in [0, 0.05) is 6.04 Å². The molecule has 3 N–H and O–H groups in total. The van der Waals surface area contributed by atoms with Gasteiger partial charge in [0.25, 0.3) is 0 Å².